The van der Waals surface area contributed by atoms with Gasteiger partial charge in [-0.25, -0.2) is 19.2 Å². The summed E-state index contributed by atoms with van der Waals surface area (Å²) in [7, 11) is 0. The van der Waals surface area contributed by atoms with Crippen LogP contribution in [0.1, 0.15) is 69.2 Å². The van der Waals surface area contributed by atoms with Crippen molar-refractivity contribution in [1.82, 2.24) is 6.15 Å². The number of carbonyl (C=O) groups is 4. The highest BCUT2D eigenvalue weighted by Crippen LogP contribution is 2.30. The summed E-state index contributed by atoms with van der Waals surface area (Å²) in [5, 5.41) is 18.6. The molecule has 0 aliphatic carbocycles. The number of esters is 4. The molecule has 1 aliphatic heterocycles. The Balaban J connectivity index is 0. The number of carbonyl (C=O) groups excluding carboxylic acids is 4. The van der Waals surface area contributed by atoms with Gasteiger partial charge in [-0.1, -0.05) is 36.4 Å². The van der Waals surface area contributed by atoms with E-state index >= 15 is 0 Å². The molecule has 5 N–H and O–H groups in total. The lowest BCUT2D eigenvalue weighted by atomic mass is 10.2. The van der Waals surface area contributed by atoms with E-state index in [-0.39, 0.29) is 18.4 Å². The van der Waals surface area contributed by atoms with Crippen LogP contribution in [0.15, 0.2) is 36.4 Å². The molecular formula is C29H49NO12. The zero-order valence-electron chi connectivity index (χ0n) is 26.3. The molecule has 2 rings (SSSR count). The zero-order valence-corrected chi connectivity index (χ0v) is 26.3. The van der Waals surface area contributed by atoms with Gasteiger partial charge in [0.05, 0.1) is 24.4 Å². The molecule has 42 heavy (non-hydrogen) atoms. The monoisotopic (exact) mass is 603 g/mol. The predicted molar refractivity (Wildman–Crippen MR) is 152 cm³/mol. The Kier molecular flexibility index (Phi) is 19.5. The Morgan fingerprint density at radius 3 is 1.02 bits per heavy atom. The van der Waals surface area contributed by atoms with Gasteiger partial charge in [-0.05, 0) is 69.2 Å². The van der Waals surface area contributed by atoms with Crippen molar-refractivity contribution in [2.75, 3.05) is 0 Å². The number of ether oxygens (including phenoxy) is 6. The first-order valence-corrected chi connectivity index (χ1v) is 13.4. The maximum atomic E-state index is 11.9. The Morgan fingerprint density at radius 1 is 0.571 bits per heavy atom. The first kappa shape index (κ1) is 41.0. The van der Waals surface area contributed by atoms with E-state index in [1.807, 2.05) is 36.4 Å². The summed E-state index contributed by atoms with van der Waals surface area (Å²) in [6.45, 7) is 16.5. The van der Waals surface area contributed by atoms with Gasteiger partial charge in [-0.3, -0.25) is 0 Å². The van der Waals surface area contributed by atoms with E-state index in [4.69, 9.17) is 18.9 Å². The first-order valence-electron chi connectivity index (χ1n) is 13.4. The lowest BCUT2D eigenvalue weighted by Gasteiger charge is -2.18. The van der Waals surface area contributed by atoms with Crippen LogP contribution in [0.2, 0.25) is 0 Å². The van der Waals surface area contributed by atoms with Crippen LogP contribution in [0.25, 0.3) is 0 Å². The number of rotatable bonds is 9. The molecule has 1 aliphatic rings. The normalized spacial score (nSPS) is 18.4. The highest BCUT2D eigenvalue weighted by atomic mass is 16.8. The fraction of sp³-hybridized carbons (Fsp3) is 0.655. The molecule has 1 aromatic carbocycles. The first-order chi connectivity index (χ1) is 18.9. The fourth-order valence-corrected chi connectivity index (χ4v) is 2.95. The fourth-order valence-electron chi connectivity index (χ4n) is 2.95. The minimum Gasteiger partial charge on any atom is -0.461 e. The number of aliphatic hydroxyl groups is 2. The van der Waals surface area contributed by atoms with Crippen molar-refractivity contribution in [3.8, 4) is 0 Å². The summed E-state index contributed by atoms with van der Waals surface area (Å²) in [6, 6.07) is 12.0. The summed E-state index contributed by atoms with van der Waals surface area (Å²) < 4.78 is 30.2. The van der Waals surface area contributed by atoms with E-state index in [2.05, 4.69) is 9.47 Å². The van der Waals surface area contributed by atoms with Gasteiger partial charge in [-0.2, -0.15) is 0 Å². The quantitative estimate of drug-likeness (QED) is 0.275. The van der Waals surface area contributed by atoms with Gasteiger partial charge in [0.25, 0.3) is 0 Å². The molecule has 13 nitrogen and oxygen atoms in total. The molecule has 1 saturated heterocycles. The molecule has 0 unspecified atom stereocenters. The summed E-state index contributed by atoms with van der Waals surface area (Å²) in [4.78, 5) is 46.1. The highest BCUT2D eigenvalue weighted by Gasteiger charge is 2.51. The molecular weight excluding hydrogens is 554 g/mol. The van der Waals surface area contributed by atoms with Crippen LogP contribution in [-0.2, 0) is 47.6 Å². The molecule has 0 bridgehead atoms. The molecule has 0 saturated carbocycles. The summed E-state index contributed by atoms with van der Waals surface area (Å²) in [5.41, 5.74) is 0. The third kappa shape index (κ3) is 17.0. The second-order valence-electron chi connectivity index (χ2n) is 10.5. The summed E-state index contributed by atoms with van der Waals surface area (Å²) in [6.07, 6.45) is -7.48. The average Bonchev–Trinajstić information content (AvgIpc) is 3.19. The molecule has 1 heterocycles. The number of benzene rings is 1. The highest BCUT2D eigenvalue weighted by molar-refractivity contribution is 5.86. The van der Waals surface area contributed by atoms with Gasteiger partial charge in [0.2, 0.25) is 0 Å². The molecule has 0 radical (unpaired) electrons. The van der Waals surface area contributed by atoms with Crippen molar-refractivity contribution in [3.05, 3.63) is 36.4 Å². The molecule has 13 heteroatoms. The van der Waals surface area contributed by atoms with Crippen molar-refractivity contribution in [2.24, 2.45) is 0 Å². The van der Waals surface area contributed by atoms with E-state index in [0.717, 1.165) is 0 Å². The van der Waals surface area contributed by atoms with Gasteiger partial charge in [0, 0.05) is 0 Å². The molecule has 242 valence electrons. The smallest absolute Gasteiger partial charge is 0.339 e. The van der Waals surface area contributed by atoms with Crippen LogP contribution < -0.4 is 6.15 Å². The van der Waals surface area contributed by atoms with Crippen molar-refractivity contribution < 1.29 is 57.8 Å². The molecule has 4 atom stereocenters. The maximum Gasteiger partial charge on any atom is 0.339 e. The van der Waals surface area contributed by atoms with Crippen molar-refractivity contribution in [3.63, 3.8) is 0 Å². The van der Waals surface area contributed by atoms with E-state index < -0.39 is 66.3 Å². The summed E-state index contributed by atoms with van der Waals surface area (Å²) in [5.74, 6) is -4.37. The molecule has 1 fully saturated rings. The number of hydrogen-bond acceptors (Lipinski definition) is 13. The summed E-state index contributed by atoms with van der Waals surface area (Å²) >= 11 is 0. The van der Waals surface area contributed by atoms with E-state index in [1.165, 1.54) is 0 Å². The Morgan fingerprint density at radius 2 is 0.810 bits per heavy atom. The lowest BCUT2D eigenvalue weighted by Crippen LogP contribution is -2.43. The molecule has 0 aromatic heterocycles. The number of hydrogen-bond donors (Lipinski definition) is 3. The molecule has 1 aromatic rings. The Bertz CT molecular complexity index is 849. The van der Waals surface area contributed by atoms with Gasteiger partial charge >= 0.3 is 23.9 Å². The number of aliphatic hydroxyl groups excluding tert-OH is 2. The van der Waals surface area contributed by atoms with Crippen molar-refractivity contribution in [2.45, 2.75) is 124 Å². The van der Waals surface area contributed by atoms with Gasteiger partial charge < -0.3 is 44.8 Å². The second kappa shape index (κ2) is 19.9. The van der Waals surface area contributed by atoms with Crippen molar-refractivity contribution >= 4 is 23.9 Å². The van der Waals surface area contributed by atoms with Gasteiger partial charge in [-0.15, -0.1) is 0 Å². The van der Waals surface area contributed by atoms with E-state index in [9.17, 15) is 29.4 Å². The average molecular weight is 604 g/mol. The predicted octanol–water partition coefficient (Wildman–Crippen LogP) is 2.87. The maximum absolute atomic E-state index is 11.9. The third-order valence-corrected chi connectivity index (χ3v) is 4.42. The van der Waals surface area contributed by atoms with Crippen LogP contribution >= 0.6 is 0 Å². The zero-order chi connectivity index (χ0) is 31.9. The topological polar surface area (TPSA) is 199 Å². The van der Waals surface area contributed by atoms with Crippen LogP contribution in [0.3, 0.4) is 0 Å². The second-order valence-corrected chi connectivity index (χ2v) is 10.5. The van der Waals surface area contributed by atoms with E-state index in [0.29, 0.717) is 0 Å². The minimum atomic E-state index is -1.92. The SMILES string of the molecule is CC(C)OC(=O)[C@@H](O)[C@H](O)C(=O)OC(C)C.CC(C)OC(=O)[C@H]1OC(C)(C)O[C@@H]1C(=O)OC(C)C.N.c1ccccc1. The van der Waals surface area contributed by atoms with Crippen LogP contribution in [-0.4, -0.2) is 88.7 Å². The van der Waals surface area contributed by atoms with Crippen molar-refractivity contribution in [1.29, 1.82) is 0 Å². The van der Waals surface area contributed by atoms with Gasteiger partial charge in [0.15, 0.2) is 30.2 Å². The molecule has 0 amide bonds. The largest absolute Gasteiger partial charge is 0.461 e. The van der Waals surface area contributed by atoms with E-state index in [1.54, 1.807) is 69.2 Å². The Labute approximate surface area is 248 Å². The van der Waals surface area contributed by atoms with Crippen LogP contribution in [0.4, 0.5) is 0 Å². The van der Waals surface area contributed by atoms with Crippen LogP contribution in [0, 0.1) is 0 Å². The molecule has 0 spiro atoms. The standard InChI is InChI=1S/C13H22O6.C10H18O6.C6H6.H3N/c1-7(2)16-11(14)9-10(12(15)17-8(3)4)19-13(5,6)18-9;1-5(2)15-9(13)7(11)8(12)10(14)16-6(3)4;1-2-4-6-5-3-1;/h7-10H,1-6H3;5-8,11-12H,1-4H3;1-6H;1H3/t9-,10-;7-,8-;;/m00../s1. The van der Waals surface area contributed by atoms with Gasteiger partial charge in [0.1, 0.15) is 0 Å². The minimum absolute atomic E-state index is 0. The van der Waals surface area contributed by atoms with Crippen LogP contribution in [0.5, 0.6) is 0 Å². The third-order valence-electron chi connectivity index (χ3n) is 4.42. The Hall–Kier alpha value is -3.10. The lowest BCUT2D eigenvalue weighted by molar-refractivity contribution is -0.177.